The average molecular weight is 287 g/mol. The van der Waals surface area contributed by atoms with Gasteiger partial charge >= 0.3 is 0 Å². The van der Waals surface area contributed by atoms with Crippen LogP contribution < -0.4 is 10.6 Å². The number of carbonyl (C=O) groups excluding carboxylic acids is 1. The maximum absolute atomic E-state index is 12.2. The van der Waals surface area contributed by atoms with Gasteiger partial charge in [0.1, 0.15) is 9.88 Å². The van der Waals surface area contributed by atoms with Crippen molar-refractivity contribution in [2.24, 2.45) is 0 Å². The van der Waals surface area contributed by atoms with Gasteiger partial charge in [-0.2, -0.15) is 0 Å². The molecule has 2 heterocycles. The number of nitrogens with one attached hydrogen (secondary N) is 2. The summed E-state index contributed by atoms with van der Waals surface area (Å²) < 4.78 is 0. The summed E-state index contributed by atoms with van der Waals surface area (Å²) in [7, 11) is 0. The Labute approximate surface area is 122 Å². The smallest absolute Gasteiger partial charge is 0.263 e. The van der Waals surface area contributed by atoms with Gasteiger partial charge in [0.2, 0.25) is 0 Å². The minimum atomic E-state index is -0.0154. The maximum atomic E-state index is 12.2. The highest BCUT2D eigenvalue weighted by Crippen LogP contribution is 2.24. The normalized spacial score (nSPS) is 18.7. The molecule has 1 aliphatic rings. The van der Waals surface area contributed by atoms with Crippen LogP contribution in [0.3, 0.4) is 0 Å². The van der Waals surface area contributed by atoms with Gasteiger partial charge in [-0.3, -0.25) is 4.79 Å². The highest BCUT2D eigenvalue weighted by molar-refractivity contribution is 7.16. The predicted octanol–water partition coefficient (Wildman–Crippen LogP) is 2.29. The van der Waals surface area contributed by atoms with Crippen LogP contribution in [0, 0.1) is 0 Å². The molecule has 1 aromatic carbocycles. The number of benzene rings is 1. The minimum Gasteiger partial charge on any atom is -0.347 e. The Hall–Kier alpha value is -1.72. The number of piperidine rings is 1. The molecular formula is C15H17N3OS. The van der Waals surface area contributed by atoms with Crippen LogP contribution >= 0.6 is 11.3 Å². The topological polar surface area (TPSA) is 54.0 Å². The molecule has 2 aromatic rings. The molecule has 1 aromatic heterocycles. The van der Waals surface area contributed by atoms with E-state index in [1.807, 2.05) is 30.3 Å². The first-order chi connectivity index (χ1) is 9.83. The second-order valence-electron chi connectivity index (χ2n) is 4.91. The molecule has 2 N–H and O–H groups in total. The molecule has 1 saturated heterocycles. The largest absolute Gasteiger partial charge is 0.347 e. The quantitative estimate of drug-likeness (QED) is 0.910. The van der Waals surface area contributed by atoms with E-state index in [0.717, 1.165) is 36.5 Å². The van der Waals surface area contributed by atoms with Gasteiger partial charge in [-0.15, -0.1) is 11.3 Å². The highest BCUT2D eigenvalue weighted by atomic mass is 32.1. The summed E-state index contributed by atoms with van der Waals surface area (Å²) in [4.78, 5) is 17.2. The van der Waals surface area contributed by atoms with Crippen LogP contribution in [0.1, 0.15) is 22.5 Å². The zero-order chi connectivity index (χ0) is 13.8. The van der Waals surface area contributed by atoms with Crippen LogP contribution in [0.15, 0.2) is 36.5 Å². The van der Waals surface area contributed by atoms with Crippen LogP contribution in [0.25, 0.3) is 10.6 Å². The van der Waals surface area contributed by atoms with Crippen molar-refractivity contribution < 1.29 is 4.79 Å². The Morgan fingerprint density at radius 3 is 2.95 bits per heavy atom. The van der Waals surface area contributed by atoms with E-state index in [1.54, 1.807) is 6.20 Å². The van der Waals surface area contributed by atoms with Gasteiger partial charge in [-0.25, -0.2) is 4.98 Å². The molecule has 1 atom stereocenters. The molecule has 1 unspecified atom stereocenters. The van der Waals surface area contributed by atoms with Crippen molar-refractivity contribution in [2.45, 2.75) is 18.9 Å². The summed E-state index contributed by atoms with van der Waals surface area (Å²) in [5.41, 5.74) is 1.05. The third kappa shape index (κ3) is 3.05. The molecule has 20 heavy (non-hydrogen) atoms. The predicted molar refractivity (Wildman–Crippen MR) is 80.9 cm³/mol. The number of amides is 1. The second kappa shape index (κ2) is 6.15. The Kier molecular flexibility index (Phi) is 4.08. The van der Waals surface area contributed by atoms with Gasteiger partial charge in [0.05, 0.1) is 6.20 Å². The lowest BCUT2D eigenvalue weighted by molar-refractivity contribution is 0.0934. The van der Waals surface area contributed by atoms with E-state index in [-0.39, 0.29) is 11.9 Å². The first-order valence-corrected chi connectivity index (χ1v) is 7.67. The molecule has 5 heteroatoms. The number of nitrogens with zero attached hydrogens (tertiary/aromatic N) is 1. The van der Waals surface area contributed by atoms with E-state index in [0.29, 0.717) is 4.88 Å². The summed E-state index contributed by atoms with van der Waals surface area (Å²) in [6, 6.07) is 10.2. The fourth-order valence-electron chi connectivity index (χ4n) is 2.32. The summed E-state index contributed by atoms with van der Waals surface area (Å²) in [6.45, 7) is 1.90. The van der Waals surface area contributed by atoms with Gasteiger partial charge < -0.3 is 10.6 Å². The molecule has 0 saturated carbocycles. The Bertz CT molecular complexity index is 576. The van der Waals surface area contributed by atoms with E-state index < -0.39 is 0 Å². The van der Waals surface area contributed by atoms with E-state index in [4.69, 9.17) is 0 Å². The van der Waals surface area contributed by atoms with E-state index in [2.05, 4.69) is 15.6 Å². The van der Waals surface area contributed by atoms with Crippen molar-refractivity contribution in [1.82, 2.24) is 15.6 Å². The SMILES string of the molecule is O=C(NC1CCCNC1)c1cnc(-c2ccccc2)s1. The van der Waals surface area contributed by atoms with Crippen molar-refractivity contribution >= 4 is 17.2 Å². The molecule has 0 spiro atoms. The molecule has 104 valence electrons. The van der Waals surface area contributed by atoms with Gasteiger partial charge in [0.15, 0.2) is 0 Å². The van der Waals surface area contributed by atoms with Crippen molar-refractivity contribution in [3.8, 4) is 10.6 Å². The highest BCUT2D eigenvalue weighted by Gasteiger charge is 2.18. The number of rotatable bonds is 3. The molecular weight excluding hydrogens is 270 g/mol. The van der Waals surface area contributed by atoms with Gasteiger partial charge in [-0.05, 0) is 19.4 Å². The lowest BCUT2D eigenvalue weighted by atomic mass is 10.1. The van der Waals surface area contributed by atoms with Crippen LogP contribution in [0.4, 0.5) is 0 Å². The van der Waals surface area contributed by atoms with Crippen molar-refractivity contribution in [1.29, 1.82) is 0 Å². The molecule has 1 amide bonds. The molecule has 3 rings (SSSR count). The first kappa shape index (κ1) is 13.3. The van der Waals surface area contributed by atoms with E-state index >= 15 is 0 Å². The number of hydrogen-bond acceptors (Lipinski definition) is 4. The van der Waals surface area contributed by atoms with Crippen molar-refractivity contribution in [3.05, 3.63) is 41.4 Å². The van der Waals surface area contributed by atoms with Gasteiger partial charge in [0, 0.05) is 18.2 Å². The number of aromatic nitrogens is 1. The van der Waals surface area contributed by atoms with Gasteiger partial charge in [0.25, 0.3) is 5.91 Å². The Morgan fingerprint density at radius 2 is 2.20 bits per heavy atom. The van der Waals surface area contributed by atoms with E-state index in [1.165, 1.54) is 11.3 Å². The first-order valence-electron chi connectivity index (χ1n) is 6.86. The lowest BCUT2D eigenvalue weighted by Crippen LogP contribution is -2.45. The molecule has 0 radical (unpaired) electrons. The van der Waals surface area contributed by atoms with Crippen LogP contribution in [0.5, 0.6) is 0 Å². The fraction of sp³-hybridized carbons (Fsp3) is 0.333. The van der Waals surface area contributed by atoms with Gasteiger partial charge in [-0.1, -0.05) is 30.3 Å². The standard InChI is InChI=1S/C15H17N3OS/c19-14(18-12-7-4-8-16-9-12)13-10-17-15(20-13)11-5-2-1-3-6-11/h1-3,5-6,10,12,16H,4,7-9H2,(H,18,19). The summed E-state index contributed by atoms with van der Waals surface area (Å²) in [5, 5.41) is 7.25. The average Bonchev–Trinajstić information content (AvgIpc) is 2.99. The van der Waals surface area contributed by atoms with Crippen LogP contribution in [0.2, 0.25) is 0 Å². The summed E-state index contributed by atoms with van der Waals surface area (Å²) >= 11 is 1.44. The Morgan fingerprint density at radius 1 is 1.35 bits per heavy atom. The second-order valence-corrected chi connectivity index (χ2v) is 5.94. The summed E-state index contributed by atoms with van der Waals surface area (Å²) in [5.74, 6) is -0.0154. The zero-order valence-corrected chi connectivity index (χ0v) is 12.0. The summed E-state index contributed by atoms with van der Waals surface area (Å²) in [6.07, 6.45) is 3.82. The monoisotopic (exact) mass is 287 g/mol. The molecule has 1 aliphatic heterocycles. The third-order valence-corrected chi connectivity index (χ3v) is 4.43. The van der Waals surface area contributed by atoms with Crippen LogP contribution in [-0.2, 0) is 0 Å². The maximum Gasteiger partial charge on any atom is 0.263 e. The number of thiazole rings is 1. The molecule has 1 fully saturated rings. The zero-order valence-electron chi connectivity index (χ0n) is 11.1. The molecule has 0 aliphatic carbocycles. The van der Waals surface area contributed by atoms with E-state index in [9.17, 15) is 4.79 Å². The van der Waals surface area contributed by atoms with Crippen LogP contribution in [-0.4, -0.2) is 30.0 Å². The Balaban J connectivity index is 1.68. The molecule has 0 bridgehead atoms. The number of hydrogen-bond donors (Lipinski definition) is 2. The van der Waals surface area contributed by atoms with Crippen molar-refractivity contribution in [2.75, 3.05) is 13.1 Å². The lowest BCUT2D eigenvalue weighted by Gasteiger charge is -2.23. The minimum absolute atomic E-state index is 0.0154. The number of carbonyl (C=O) groups is 1. The third-order valence-electron chi connectivity index (χ3n) is 3.38. The fourth-order valence-corrected chi connectivity index (χ4v) is 3.15. The molecule has 4 nitrogen and oxygen atoms in total. The van der Waals surface area contributed by atoms with Crippen molar-refractivity contribution in [3.63, 3.8) is 0 Å².